The van der Waals surface area contributed by atoms with Gasteiger partial charge >= 0.3 is 5.88 Å². The second-order valence-electron chi connectivity index (χ2n) is 3.81. The fraction of sp³-hybridized carbons (Fsp3) is 0.273. The third kappa shape index (κ3) is 2.68. The van der Waals surface area contributed by atoms with E-state index in [2.05, 4.69) is 0 Å². The number of nitrogens with one attached hydrogen (secondary N) is 1. The third-order valence-electron chi connectivity index (χ3n) is 2.42. The maximum absolute atomic E-state index is 12.0. The van der Waals surface area contributed by atoms with E-state index in [4.69, 9.17) is 9.83 Å². The minimum absolute atomic E-state index is 0.166. The van der Waals surface area contributed by atoms with Crippen LogP contribution in [0.4, 0.5) is 5.88 Å². The van der Waals surface area contributed by atoms with E-state index >= 15 is 0 Å². The molecule has 1 fully saturated rings. The first-order valence-electron chi connectivity index (χ1n) is 5.57. The summed E-state index contributed by atoms with van der Waals surface area (Å²) in [6.45, 7) is 2.41. The molecular formula is C11H11N3O4S. The molecule has 2 rings (SSSR count). The zero-order valence-electron chi connectivity index (χ0n) is 10.1. The van der Waals surface area contributed by atoms with Crippen LogP contribution in [0.3, 0.4) is 0 Å². The molecule has 1 amide bonds. The lowest BCUT2D eigenvalue weighted by Gasteiger charge is -2.11. The highest BCUT2D eigenvalue weighted by Crippen LogP contribution is 2.32. The highest BCUT2D eigenvalue weighted by Gasteiger charge is 2.31. The Morgan fingerprint density at radius 3 is 2.89 bits per heavy atom. The van der Waals surface area contributed by atoms with Crippen molar-refractivity contribution in [1.82, 2.24) is 4.90 Å². The van der Waals surface area contributed by atoms with Gasteiger partial charge in [0.2, 0.25) is 0 Å². The number of nitrogens with zero attached hydrogens (tertiary/aromatic N) is 2. The minimum atomic E-state index is -0.642. The van der Waals surface area contributed by atoms with Crippen LogP contribution in [0.1, 0.15) is 19.1 Å². The number of amidine groups is 1. The van der Waals surface area contributed by atoms with Gasteiger partial charge < -0.3 is 4.42 Å². The van der Waals surface area contributed by atoms with Gasteiger partial charge in [-0.25, -0.2) is 0 Å². The first kappa shape index (κ1) is 13.3. The number of thioether (sulfide) groups is 1. The largest absolute Gasteiger partial charge is 0.433 e. The Balaban J connectivity index is 2.22. The maximum Gasteiger partial charge on any atom is 0.433 e. The highest BCUT2D eigenvalue weighted by atomic mass is 32.2. The number of nitro groups is 1. The maximum atomic E-state index is 12.0. The van der Waals surface area contributed by atoms with Crippen LogP contribution in [-0.2, 0) is 4.79 Å². The number of carbonyl (C=O) groups is 1. The van der Waals surface area contributed by atoms with Gasteiger partial charge in [-0.2, -0.15) is 0 Å². The van der Waals surface area contributed by atoms with Crippen LogP contribution >= 0.6 is 11.8 Å². The number of hydrogen-bond donors (Lipinski definition) is 1. The Labute approximate surface area is 112 Å². The molecule has 0 aliphatic carbocycles. The van der Waals surface area contributed by atoms with E-state index in [0.29, 0.717) is 11.4 Å². The Morgan fingerprint density at radius 1 is 1.58 bits per heavy atom. The van der Waals surface area contributed by atoms with Crippen LogP contribution in [0, 0.1) is 15.5 Å². The van der Waals surface area contributed by atoms with Crippen molar-refractivity contribution in [2.45, 2.75) is 13.3 Å². The van der Waals surface area contributed by atoms with Crippen molar-refractivity contribution in [2.24, 2.45) is 0 Å². The van der Waals surface area contributed by atoms with Crippen molar-refractivity contribution < 1.29 is 14.1 Å². The molecular weight excluding hydrogens is 270 g/mol. The zero-order chi connectivity index (χ0) is 14.0. The second kappa shape index (κ2) is 5.27. The van der Waals surface area contributed by atoms with Crippen LogP contribution in [0.5, 0.6) is 0 Å². The molecule has 8 heteroatoms. The number of furan rings is 1. The van der Waals surface area contributed by atoms with Crippen LogP contribution in [0.25, 0.3) is 6.08 Å². The molecule has 1 aliphatic rings. The fourth-order valence-corrected chi connectivity index (χ4v) is 2.46. The Morgan fingerprint density at radius 2 is 2.32 bits per heavy atom. The molecule has 0 atom stereocenters. The van der Waals surface area contributed by atoms with Gasteiger partial charge in [0, 0.05) is 12.6 Å². The van der Waals surface area contributed by atoms with Gasteiger partial charge in [0.15, 0.2) is 5.17 Å². The lowest BCUT2D eigenvalue weighted by molar-refractivity contribution is -0.402. The van der Waals surface area contributed by atoms with E-state index in [9.17, 15) is 14.9 Å². The Hall–Kier alpha value is -2.09. The molecule has 0 unspecified atom stereocenters. The van der Waals surface area contributed by atoms with Crippen molar-refractivity contribution >= 4 is 34.8 Å². The van der Waals surface area contributed by atoms with E-state index in [1.165, 1.54) is 23.1 Å². The van der Waals surface area contributed by atoms with Gasteiger partial charge in [0.1, 0.15) is 10.7 Å². The first-order valence-corrected chi connectivity index (χ1v) is 6.38. The van der Waals surface area contributed by atoms with Crippen LogP contribution < -0.4 is 0 Å². The Kier molecular flexibility index (Phi) is 3.70. The number of carbonyl (C=O) groups excluding carboxylic acids is 1. The topological polar surface area (TPSA) is 100 Å². The predicted octanol–water partition coefficient (Wildman–Crippen LogP) is 2.45. The molecule has 7 nitrogen and oxygen atoms in total. The van der Waals surface area contributed by atoms with E-state index in [-0.39, 0.29) is 22.7 Å². The van der Waals surface area contributed by atoms with Gasteiger partial charge in [-0.05, 0) is 24.2 Å². The molecule has 1 aromatic rings. The van der Waals surface area contributed by atoms with Crippen LogP contribution in [0.2, 0.25) is 0 Å². The highest BCUT2D eigenvalue weighted by molar-refractivity contribution is 8.18. The number of rotatable bonds is 4. The SMILES string of the molecule is CCCN1C(=N)S/C(=C\c2ccc([N+](=O)[O-])o2)C1=O. The molecule has 19 heavy (non-hydrogen) atoms. The minimum Gasteiger partial charge on any atom is -0.401 e. The first-order chi connectivity index (χ1) is 9.02. The van der Waals surface area contributed by atoms with Crippen molar-refractivity contribution in [2.75, 3.05) is 6.54 Å². The van der Waals surface area contributed by atoms with Crippen molar-refractivity contribution in [3.63, 3.8) is 0 Å². The zero-order valence-corrected chi connectivity index (χ0v) is 10.9. The van der Waals surface area contributed by atoms with Crippen molar-refractivity contribution in [1.29, 1.82) is 5.41 Å². The van der Waals surface area contributed by atoms with Crippen LogP contribution in [0.15, 0.2) is 21.5 Å². The summed E-state index contributed by atoms with van der Waals surface area (Å²) in [5.41, 5.74) is 0. The number of hydrogen-bond acceptors (Lipinski definition) is 6. The van der Waals surface area contributed by atoms with Crippen LogP contribution in [-0.4, -0.2) is 27.4 Å². The predicted molar refractivity (Wildman–Crippen MR) is 70.7 cm³/mol. The summed E-state index contributed by atoms with van der Waals surface area (Å²) in [6, 6.07) is 2.65. The summed E-state index contributed by atoms with van der Waals surface area (Å²) in [6.07, 6.45) is 2.18. The van der Waals surface area contributed by atoms with E-state index < -0.39 is 4.92 Å². The van der Waals surface area contributed by atoms with Gasteiger partial charge in [-0.3, -0.25) is 25.2 Å². The molecule has 100 valence electrons. The smallest absolute Gasteiger partial charge is 0.401 e. The fourth-order valence-electron chi connectivity index (χ4n) is 1.59. The summed E-state index contributed by atoms with van der Waals surface area (Å²) in [5.74, 6) is -0.410. The van der Waals surface area contributed by atoms with Gasteiger partial charge in [0.05, 0.1) is 11.0 Å². The third-order valence-corrected chi connectivity index (χ3v) is 3.35. The average Bonchev–Trinajstić information content (AvgIpc) is 2.91. The molecule has 1 aliphatic heterocycles. The van der Waals surface area contributed by atoms with Gasteiger partial charge in [-0.15, -0.1) is 0 Å². The quantitative estimate of drug-likeness (QED) is 0.519. The standard InChI is InChI=1S/C11H11N3O4S/c1-2-5-13-10(15)8(19-11(13)12)6-7-3-4-9(18-7)14(16)17/h3-4,6,12H,2,5H2,1H3/b8-6-,12-11?. The van der Waals surface area contributed by atoms with E-state index in [1.54, 1.807) is 0 Å². The molecule has 0 radical (unpaired) electrons. The van der Waals surface area contributed by atoms with Crippen molar-refractivity contribution in [3.05, 3.63) is 32.9 Å². The molecule has 1 saturated heterocycles. The molecule has 0 spiro atoms. The summed E-state index contributed by atoms with van der Waals surface area (Å²) in [4.78, 5) is 23.5. The molecule has 1 N–H and O–H groups in total. The lowest BCUT2D eigenvalue weighted by atomic mass is 10.3. The molecule has 0 bridgehead atoms. The number of amides is 1. The normalized spacial score (nSPS) is 17.5. The second-order valence-corrected chi connectivity index (χ2v) is 4.84. The van der Waals surface area contributed by atoms with Gasteiger partial charge in [0.25, 0.3) is 5.91 Å². The Bertz CT molecular complexity index is 578. The molecule has 0 saturated carbocycles. The average molecular weight is 281 g/mol. The van der Waals surface area contributed by atoms with Crippen molar-refractivity contribution in [3.8, 4) is 0 Å². The summed E-state index contributed by atoms with van der Waals surface area (Å²) in [5, 5.41) is 18.3. The summed E-state index contributed by atoms with van der Waals surface area (Å²) in [7, 11) is 0. The monoisotopic (exact) mass is 281 g/mol. The lowest BCUT2D eigenvalue weighted by Crippen LogP contribution is -2.29. The van der Waals surface area contributed by atoms with Gasteiger partial charge in [-0.1, -0.05) is 6.92 Å². The molecule has 2 heterocycles. The molecule has 1 aromatic heterocycles. The molecule has 0 aromatic carbocycles. The van der Waals surface area contributed by atoms with E-state index in [1.807, 2.05) is 6.92 Å². The summed E-state index contributed by atoms with van der Waals surface area (Å²) < 4.78 is 4.96. The van der Waals surface area contributed by atoms with E-state index in [0.717, 1.165) is 18.2 Å². The summed E-state index contributed by atoms with van der Waals surface area (Å²) >= 11 is 1.03.